The zero-order chi connectivity index (χ0) is 22.1. The molecule has 1 unspecified atom stereocenters. The van der Waals surface area contributed by atoms with Crippen LogP contribution >= 0.6 is 35.0 Å². The number of benzene rings is 1. The van der Waals surface area contributed by atoms with E-state index in [1.807, 2.05) is 0 Å². The van der Waals surface area contributed by atoms with Crippen LogP contribution in [0.3, 0.4) is 0 Å². The van der Waals surface area contributed by atoms with Crippen LogP contribution in [-0.4, -0.2) is 57.2 Å². The van der Waals surface area contributed by atoms with Crippen molar-refractivity contribution in [3.8, 4) is 0 Å². The third kappa shape index (κ3) is 7.47. The largest absolute Gasteiger partial charge is 0.448 e. The van der Waals surface area contributed by atoms with Crippen molar-refractivity contribution in [2.24, 2.45) is 0 Å². The highest BCUT2D eigenvalue weighted by Crippen LogP contribution is 2.36. The smallest absolute Gasteiger partial charge is 0.407 e. The predicted octanol–water partition coefficient (Wildman–Crippen LogP) is 2.34. The van der Waals surface area contributed by atoms with E-state index >= 15 is 0 Å². The van der Waals surface area contributed by atoms with Crippen LogP contribution in [0.2, 0.25) is 10.0 Å². The lowest BCUT2D eigenvalue weighted by molar-refractivity contribution is -0.122. The lowest BCUT2D eigenvalue weighted by atomic mass is 10.1. The Morgan fingerprint density at radius 3 is 2.60 bits per heavy atom. The molecule has 10 nitrogen and oxygen atoms in total. The number of alkyl carbamates (subject to hydrolysis) is 1. The molecular weight excluding hydrogens is 455 g/mol. The first-order valence-electron chi connectivity index (χ1n) is 8.90. The first kappa shape index (κ1) is 23.9. The maximum atomic E-state index is 12.5. The molecule has 2 amide bonds. The fraction of sp³-hybridized carbons (Fsp3) is 0.412. The molecule has 2 aromatic rings. The Labute approximate surface area is 187 Å². The number of ether oxygens (including phenoxy) is 1. The summed E-state index contributed by atoms with van der Waals surface area (Å²) < 4.78 is 4.92. The Balaban J connectivity index is 1.88. The average Bonchev–Trinajstić information content (AvgIpc) is 3.13. The number of nitrogens with one attached hydrogen (secondary N) is 2. The van der Waals surface area contributed by atoms with Crippen molar-refractivity contribution in [3.63, 3.8) is 0 Å². The van der Waals surface area contributed by atoms with Crippen LogP contribution in [-0.2, 0) is 20.9 Å². The van der Waals surface area contributed by atoms with Gasteiger partial charge >= 0.3 is 6.09 Å². The molecule has 0 aliphatic heterocycles. The van der Waals surface area contributed by atoms with Gasteiger partial charge in [-0.1, -0.05) is 36.2 Å². The van der Waals surface area contributed by atoms with E-state index in [9.17, 15) is 14.4 Å². The highest BCUT2D eigenvalue weighted by molar-refractivity contribution is 7.99. The summed E-state index contributed by atoms with van der Waals surface area (Å²) >= 11 is 13.4. The third-order valence-electron chi connectivity index (χ3n) is 3.64. The van der Waals surface area contributed by atoms with Crippen LogP contribution in [0.4, 0.5) is 4.79 Å². The van der Waals surface area contributed by atoms with E-state index in [-0.39, 0.29) is 36.5 Å². The number of halogens is 2. The van der Waals surface area contributed by atoms with Gasteiger partial charge in [0.15, 0.2) is 5.78 Å². The summed E-state index contributed by atoms with van der Waals surface area (Å²) in [4.78, 5) is 36.8. The monoisotopic (exact) mass is 474 g/mol. The molecule has 0 aliphatic carbocycles. The van der Waals surface area contributed by atoms with Gasteiger partial charge in [0.05, 0.1) is 27.5 Å². The molecule has 2 rings (SSSR count). The highest BCUT2D eigenvalue weighted by atomic mass is 35.5. The molecule has 2 N–H and O–H groups in total. The number of amides is 2. The van der Waals surface area contributed by atoms with Crippen molar-refractivity contribution >= 4 is 52.7 Å². The van der Waals surface area contributed by atoms with E-state index in [2.05, 4.69) is 26.0 Å². The van der Waals surface area contributed by atoms with Gasteiger partial charge in [0, 0.05) is 6.92 Å². The van der Waals surface area contributed by atoms with Crippen LogP contribution in [0.15, 0.2) is 28.3 Å². The summed E-state index contributed by atoms with van der Waals surface area (Å²) in [6.07, 6.45) is -0.401. The maximum Gasteiger partial charge on any atom is 0.407 e. The number of carbonyl (C=O) groups excluding carboxylic acids is 3. The second kappa shape index (κ2) is 11.7. The zero-order valence-corrected chi connectivity index (χ0v) is 18.6. The lowest BCUT2D eigenvalue weighted by Gasteiger charge is -2.15. The number of nitrogens with zero attached hydrogens (tertiary/aromatic N) is 4. The first-order chi connectivity index (χ1) is 14.3. The molecule has 1 atom stereocenters. The quantitative estimate of drug-likeness (QED) is 0.502. The van der Waals surface area contributed by atoms with Gasteiger partial charge in [0.2, 0.25) is 11.1 Å². The molecular formula is C17H20Cl2N6O4S. The predicted molar refractivity (Wildman–Crippen MR) is 111 cm³/mol. The molecule has 0 saturated heterocycles. The first-order valence-corrected chi connectivity index (χ1v) is 10.5. The third-order valence-corrected chi connectivity index (χ3v) is 5.49. The topological polar surface area (TPSA) is 128 Å². The van der Waals surface area contributed by atoms with E-state index in [0.717, 1.165) is 16.6 Å². The minimum absolute atomic E-state index is 0.00808. The molecule has 0 bridgehead atoms. The number of aromatic nitrogens is 4. The Morgan fingerprint density at radius 2 is 1.97 bits per heavy atom. The summed E-state index contributed by atoms with van der Waals surface area (Å²) in [7, 11) is 0. The Kier molecular flexibility index (Phi) is 9.34. The van der Waals surface area contributed by atoms with Gasteiger partial charge in [0.1, 0.15) is 13.2 Å². The molecule has 0 aliphatic rings. The molecule has 0 spiro atoms. The lowest BCUT2D eigenvalue weighted by Crippen LogP contribution is -2.43. The number of Topliss-reactive ketones (excluding diaryl/α,β-unsaturated/α-hetero) is 1. The second-order valence-electron chi connectivity index (χ2n) is 5.95. The van der Waals surface area contributed by atoms with Crippen molar-refractivity contribution < 1.29 is 19.1 Å². The molecule has 0 radical (unpaired) electrons. The van der Waals surface area contributed by atoms with Crippen LogP contribution in [0.1, 0.15) is 20.3 Å². The van der Waals surface area contributed by atoms with Gasteiger partial charge in [-0.25, -0.2) is 4.79 Å². The number of carbonyl (C=O) groups is 3. The molecule has 0 saturated carbocycles. The van der Waals surface area contributed by atoms with Gasteiger partial charge in [0.25, 0.3) is 0 Å². The summed E-state index contributed by atoms with van der Waals surface area (Å²) in [6.45, 7) is 3.10. The molecule has 1 aromatic carbocycles. The molecule has 162 valence electrons. The van der Waals surface area contributed by atoms with Gasteiger partial charge in [-0.05, 0) is 35.5 Å². The number of rotatable bonds is 10. The average molecular weight is 475 g/mol. The molecule has 1 aromatic heterocycles. The maximum absolute atomic E-state index is 12.5. The normalized spacial score (nSPS) is 11.6. The minimum atomic E-state index is -0.779. The van der Waals surface area contributed by atoms with Crippen molar-refractivity contribution in [1.82, 2.24) is 30.8 Å². The molecule has 30 heavy (non-hydrogen) atoms. The Morgan fingerprint density at radius 1 is 1.27 bits per heavy atom. The molecule has 13 heteroatoms. The van der Waals surface area contributed by atoms with Crippen molar-refractivity contribution in [2.45, 2.75) is 42.9 Å². The van der Waals surface area contributed by atoms with Crippen LogP contribution in [0.25, 0.3) is 0 Å². The standard InChI is InChI=1S/C17H20Cl2N6O4S/c1-3-13(21-17(28)29-8-7-20-10(2)26)14(27)9-25-23-16(22-24-25)30-15-11(18)5-4-6-12(15)19/h4-6,13H,3,7-9H2,1-2H3,(H,20,26)(H,21,28). The Bertz CT molecular complexity index is 890. The van der Waals surface area contributed by atoms with E-state index in [4.69, 9.17) is 27.9 Å². The van der Waals surface area contributed by atoms with E-state index in [1.165, 1.54) is 6.92 Å². The van der Waals surface area contributed by atoms with Crippen molar-refractivity contribution in [1.29, 1.82) is 0 Å². The summed E-state index contributed by atoms with van der Waals surface area (Å²) in [6, 6.07) is 4.33. The fourth-order valence-electron chi connectivity index (χ4n) is 2.22. The van der Waals surface area contributed by atoms with Crippen LogP contribution in [0, 0.1) is 0 Å². The molecule has 1 heterocycles. The van der Waals surface area contributed by atoms with Gasteiger partial charge in [-0.3, -0.25) is 9.59 Å². The number of tetrazole rings is 1. The van der Waals surface area contributed by atoms with Gasteiger partial charge < -0.3 is 15.4 Å². The van der Waals surface area contributed by atoms with E-state index in [1.54, 1.807) is 25.1 Å². The van der Waals surface area contributed by atoms with E-state index < -0.39 is 12.1 Å². The second-order valence-corrected chi connectivity index (χ2v) is 7.74. The Hall–Kier alpha value is -2.37. The van der Waals surface area contributed by atoms with Crippen molar-refractivity contribution in [3.05, 3.63) is 28.2 Å². The molecule has 0 fully saturated rings. The van der Waals surface area contributed by atoms with Crippen LogP contribution in [0.5, 0.6) is 0 Å². The highest BCUT2D eigenvalue weighted by Gasteiger charge is 2.21. The number of hydrogen-bond donors (Lipinski definition) is 2. The van der Waals surface area contributed by atoms with Gasteiger partial charge in [-0.15, -0.1) is 10.2 Å². The number of ketones is 1. The zero-order valence-electron chi connectivity index (χ0n) is 16.2. The summed E-state index contributed by atoms with van der Waals surface area (Å²) in [5.74, 6) is -0.545. The van der Waals surface area contributed by atoms with Crippen molar-refractivity contribution in [2.75, 3.05) is 13.2 Å². The van der Waals surface area contributed by atoms with Crippen LogP contribution < -0.4 is 10.6 Å². The summed E-state index contributed by atoms with van der Waals surface area (Å²) in [5, 5.41) is 18.0. The minimum Gasteiger partial charge on any atom is -0.448 e. The SMILES string of the molecule is CCC(NC(=O)OCCNC(C)=O)C(=O)Cn1nnc(Sc2c(Cl)cccc2Cl)n1. The number of hydrogen-bond acceptors (Lipinski definition) is 8. The van der Waals surface area contributed by atoms with Gasteiger partial charge in [-0.2, -0.15) is 4.80 Å². The van der Waals surface area contributed by atoms with E-state index in [0.29, 0.717) is 21.4 Å². The summed E-state index contributed by atoms with van der Waals surface area (Å²) in [5.41, 5.74) is 0. The fourth-order valence-corrected chi connectivity index (χ4v) is 3.58.